The van der Waals surface area contributed by atoms with Crippen LogP contribution in [0.1, 0.15) is 13.3 Å². The molecular weight excluding hydrogens is 186 g/mol. The second-order valence-corrected chi connectivity index (χ2v) is 5.33. The van der Waals surface area contributed by atoms with Gasteiger partial charge in [0.15, 0.2) is 0 Å². The molecule has 2 fully saturated rings. The Morgan fingerprint density at radius 1 is 1.33 bits per heavy atom. The molecule has 1 saturated carbocycles. The van der Waals surface area contributed by atoms with E-state index in [0.717, 1.165) is 11.8 Å². The van der Waals surface area contributed by atoms with Crippen LogP contribution in [0, 0.1) is 11.8 Å². The molecule has 3 heteroatoms. The van der Waals surface area contributed by atoms with Crippen molar-refractivity contribution in [3.05, 3.63) is 0 Å². The summed E-state index contributed by atoms with van der Waals surface area (Å²) in [6, 6.07) is 0. The van der Waals surface area contributed by atoms with Crippen molar-refractivity contribution in [1.82, 2.24) is 15.1 Å². The van der Waals surface area contributed by atoms with Crippen LogP contribution < -0.4 is 5.32 Å². The van der Waals surface area contributed by atoms with Crippen LogP contribution in [-0.4, -0.2) is 62.7 Å². The standard InChI is InChI=1S/C12H25N3/c1-11-9-12(11)10-14(2)7-8-15-5-3-13-4-6-15/h11-13H,3-10H2,1-2H3. The van der Waals surface area contributed by atoms with E-state index in [2.05, 4.69) is 29.1 Å². The van der Waals surface area contributed by atoms with Gasteiger partial charge in [0.2, 0.25) is 0 Å². The molecule has 2 aliphatic rings. The van der Waals surface area contributed by atoms with E-state index in [0.29, 0.717) is 0 Å². The Morgan fingerprint density at radius 3 is 2.60 bits per heavy atom. The van der Waals surface area contributed by atoms with Gasteiger partial charge in [0.1, 0.15) is 0 Å². The first-order valence-electron chi connectivity index (χ1n) is 6.37. The number of hydrogen-bond acceptors (Lipinski definition) is 3. The predicted molar refractivity (Wildman–Crippen MR) is 64.1 cm³/mol. The second-order valence-electron chi connectivity index (χ2n) is 5.33. The summed E-state index contributed by atoms with van der Waals surface area (Å²) in [5, 5.41) is 3.40. The van der Waals surface area contributed by atoms with Crippen molar-refractivity contribution in [2.75, 3.05) is 52.9 Å². The Bertz CT molecular complexity index is 189. The monoisotopic (exact) mass is 211 g/mol. The van der Waals surface area contributed by atoms with E-state index in [-0.39, 0.29) is 0 Å². The summed E-state index contributed by atoms with van der Waals surface area (Å²) in [7, 11) is 2.27. The number of nitrogens with one attached hydrogen (secondary N) is 1. The molecule has 0 aromatic carbocycles. The van der Waals surface area contributed by atoms with Gasteiger partial charge in [-0.05, 0) is 25.3 Å². The maximum Gasteiger partial charge on any atom is 0.0110 e. The highest BCUT2D eigenvalue weighted by atomic mass is 15.2. The van der Waals surface area contributed by atoms with E-state index in [9.17, 15) is 0 Å². The zero-order chi connectivity index (χ0) is 10.7. The van der Waals surface area contributed by atoms with Gasteiger partial charge in [-0.2, -0.15) is 0 Å². The van der Waals surface area contributed by atoms with Crippen LogP contribution in [0.5, 0.6) is 0 Å². The summed E-state index contributed by atoms with van der Waals surface area (Å²) in [5.74, 6) is 1.99. The number of hydrogen-bond donors (Lipinski definition) is 1. The predicted octanol–water partition coefficient (Wildman–Crippen LogP) is 0.479. The number of piperazine rings is 1. The van der Waals surface area contributed by atoms with E-state index in [1.807, 2.05) is 0 Å². The quantitative estimate of drug-likeness (QED) is 0.713. The van der Waals surface area contributed by atoms with Gasteiger partial charge in [0.25, 0.3) is 0 Å². The third-order valence-corrected chi connectivity index (χ3v) is 3.83. The largest absolute Gasteiger partial charge is 0.314 e. The van der Waals surface area contributed by atoms with Crippen molar-refractivity contribution >= 4 is 0 Å². The fraction of sp³-hybridized carbons (Fsp3) is 1.00. The molecule has 2 unspecified atom stereocenters. The van der Waals surface area contributed by atoms with Gasteiger partial charge in [-0.25, -0.2) is 0 Å². The van der Waals surface area contributed by atoms with Gasteiger partial charge in [0.05, 0.1) is 0 Å². The third-order valence-electron chi connectivity index (χ3n) is 3.83. The maximum absolute atomic E-state index is 3.40. The fourth-order valence-corrected chi connectivity index (χ4v) is 2.39. The lowest BCUT2D eigenvalue weighted by atomic mass is 10.3. The van der Waals surface area contributed by atoms with Crippen molar-refractivity contribution in [2.45, 2.75) is 13.3 Å². The minimum absolute atomic E-state index is 0.992. The molecule has 2 atom stereocenters. The van der Waals surface area contributed by atoms with Crippen LogP contribution in [0.4, 0.5) is 0 Å². The Labute approximate surface area is 93.8 Å². The van der Waals surface area contributed by atoms with Gasteiger partial charge in [0, 0.05) is 45.8 Å². The smallest absolute Gasteiger partial charge is 0.0110 e. The molecule has 1 saturated heterocycles. The van der Waals surface area contributed by atoms with Crippen molar-refractivity contribution in [3.8, 4) is 0 Å². The molecule has 0 radical (unpaired) electrons. The zero-order valence-electron chi connectivity index (χ0n) is 10.2. The Balaban J connectivity index is 1.55. The summed E-state index contributed by atoms with van der Waals surface area (Å²) >= 11 is 0. The highest BCUT2D eigenvalue weighted by Crippen LogP contribution is 2.37. The second kappa shape index (κ2) is 5.28. The van der Waals surface area contributed by atoms with E-state index in [1.165, 1.54) is 52.2 Å². The summed E-state index contributed by atoms with van der Waals surface area (Å²) in [6.07, 6.45) is 1.46. The SMILES string of the molecule is CC1CC1CN(C)CCN1CCNCC1. The Kier molecular flexibility index (Phi) is 4.00. The normalized spacial score (nSPS) is 32.2. The zero-order valence-corrected chi connectivity index (χ0v) is 10.2. The number of likely N-dealkylation sites (N-methyl/N-ethyl adjacent to an activating group) is 1. The summed E-state index contributed by atoms with van der Waals surface area (Å²) in [4.78, 5) is 5.08. The van der Waals surface area contributed by atoms with Crippen LogP contribution in [0.2, 0.25) is 0 Å². The van der Waals surface area contributed by atoms with E-state index < -0.39 is 0 Å². The highest BCUT2D eigenvalue weighted by Gasteiger charge is 2.32. The van der Waals surface area contributed by atoms with Gasteiger partial charge in [-0.3, -0.25) is 4.90 Å². The lowest BCUT2D eigenvalue weighted by Gasteiger charge is -2.29. The average molecular weight is 211 g/mol. The molecule has 2 rings (SSSR count). The lowest BCUT2D eigenvalue weighted by molar-refractivity contribution is 0.201. The van der Waals surface area contributed by atoms with Crippen molar-refractivity contribution in [2.24, 2.45) is 11.8 Å². The van der Waals surface area contributed by atoms with E-state index in [4.69, 9.17) is 0 Å². The molecule has 0 aromatic heterocycles. The molecular formula is C12H25N3. The first-order chi connectivity index (χ1) is 7.25. The number of nitrogens with zero attached hydrogens (tertiary/aromatic N) is 2. The molecule has 0 bridgehead atoms. The molecule has 1 aliphatic heterocycles. The van der Waals surface area contributed by atoms with Crippen LogP contribution in [0.25, 0.3) is 0 Å². The minimum Gasteiger partial charge on any atom is -0.314 e. The van der Waals surface area contributed by atoms with Crippen molar-refractivity contribution in [1.29, 1.82) is 0 Å². The molecule has 1 heterocycles. The van der Waals surface area contributed by atoms with Crippen molar-refractivity contribution in [3.63, 3.8) is 0 Å². The summed E-state index contributed by atoms with van der Waals surface area (Å²) < 4.78 is 0. The molecule has 3 nitrogen and oxygen atoms in total. The van der Waals surface area contributed by atoms with E-state index in [1.54, 1.807) is 0 Å². The fourth-order valence-electron chi connectivity index (χ4n) is 2.39. The van der Waals surface area contributed by atoms with Crippen LogP contribution in [0.3, 0.4) is 0 Å². The van der Waals surface area contributed by atoms with Gasteiger partial charge in [-0.1, -0.05) is 6.92 Å². The molecule has 1 N–H and O–H groups in total. The van der Waals surface area contributed by atoms with Crippen LogP contribution >= 0.6 is 0 Å². The third kappa shape index (κ3) is 3.74. The Hall–Kier alpha value is -0.120. The number of rotatable bonds is 5. The molecule has 88 valence electrons. The minimum atomic E-state index is 0.992. The molecule has 0 aromatic rings. The van der Waals surface area contributed by atoms with Crippen LogP contribution in [0.15, 0.2) is 0 Å². The molecule has 1 aliphatic carbocycles. The molecule has 15 heavy (non-hydrogen) atoms. The molecule has 0 spiro atoms. The van der Waals surface area contributed by atoms with Gasteiger partial charge >= 0.3 is 0 Å². The van der Waals surface area contributed by atoms with E-state index >= 15 is 0 Å². The molecule has 0 amide bonds. The van der Waals surface area contributed by atoms with Gasteiger partial charge < -0.3 is 10.2 Å². The summed E-state index contributed by atoms with van der Waals surface area (Å²) in [5.41, 5.74) is 0. The first-order valence-corrected chi connectivity index (χ1v) is 6.37. The Morgan fingerprint density at radius 2 is 2.00 bits per heavy atom. The summed E-state index contributed by atoms with van der Waals surface area (Å²) in [6.45, 7) is 11.0. The maximum atomic E-state index is 3.40. The van der Waals surface area contributed by atoms with Gasteiger partial charge in [-0.15, -0.1) is 0 Å². The first kappa shape index (κ1) is 11.4. The van der Waals surface area contributed by atoms with Crippen molar-refractivity contribution < 1.29 is 0 Å². The topological polar surface area (TPSA) is 18.5 Å². The highest BCUT2D eigenvalue weighted by molar-refractivity contribution is 4.84. The average Bonchev–Trinajstić information content (AvgIpc) is 2.93. The lowest BCUT2D eigenvalue weighted by Crippen LogP contribution is -2.46. The van der Waals surface area contributed by atoms with Crippen LogP contribution in [-0.2, 0) is 0 Å².